The van der Waals surface area contributed by atoms with Crippen molar-refractivity contribution < 1.29 is 13.6 Å². The van der Waals surface area contributed by atoms with Crippen molar-refractivity contribution in [1.29, 1.82) is 0 Å². The lowest BCUT2D eigenvalue weighted by Gasteiger charge is -2.10. The normalized spacial score (nSPS) is 12.2. The summed E-state index contributed by atoms with van der Waals surface area (Å²) in [6.45, 7) is 3.50. The van der Waals surface area contributed by atoms with Crippen LogP contribution in [0.5, 0.6) is 0 Å². The van der Waals surface area contributed by atoms with Gasteiger partial charge in [0.1, 0.15) is 16.6 Å². The Morgan fingerprint density at radius 3 is 2.75 bits per heavy atom. The molecule has 4 nitrogen and oxygen atoms in total. The second-order valence-electron chi connectivity index (χ2n) is 3.96. The molecule has 1 heterocycles. The maximum atomic E-state index is 13.4. The summed E-state index contributed by atoms with van der Waals surface area (Å²) in [4.78, 5) is 11.9. The predicted octanol–water partition coefficient (Wildman–Crippen LogP) is 3.24. The number of amides is 1. The van der Waals surface area contributed by atoms with Gasteiger partial charge in [-0.3, -0.25) is 4.79 Å². The molecule has 0 unspecified atom stereocenters. The maximum absolute atomic E-state index is 13.4. The van der Waals surface area contributed by atoms with E-state index in [2.05, 4.69) is 15.5 Å². The Morgan fingerprint density at radius 1 is 1.40 bits per heavy atom. The molecule has 0 saturated carbocycles. The molecular weight excluding hydrogens is 304 g/mol. The Balaban J connectivity index is 2.00. The molecule has 0 aliphatic heterocycles. The van der Waals surface area contributed by atoms with E-state index in [1.807, 2.05) is 6.92 Å². The summed E-state index contributed by atoms with van der Waals surface area (Å²) in [5, 5.41) is 10.5. The molecule has 8 heteroatoms. The van der Waals surface area contributed by atoms with E-state index >= 15 is 0 Å². The molecule has 1 aromatic heterocycles. The van der Waals surface area contributed by atoms with Crippen molar-refractivity contribution >= 4 is 34.7 Å². The number of thioether (sulfide) groups is 1. The van der Waals surface area contributed by atoms with Gasteiger partial charge in [0, 0.05) is 6.07 Å². The second-order valence-corrected chi connectivity index (χ2v) is 6.73. The van der Waals surface area contributed by atoms with Gasteiger partial charge in [0.05, 0.1) is 10.9 Å². The first kappa shape index (κ1) is 14.9. The van der Waals surface area contributed by atoms with Gasteiger partial charge < -0.3 is 5.32 Å². The van der Waals surface area contributed by atoms with Crippen LogP contribution < -0.4 is 5.32 Å². The standard InChI is InChI=1S/C12H11F2N3OS2/c1-6(19-12-17-16-7(2)20-12)11(18)15-10-4-3-8(13)5-9(10)14/h3-6H,1-2H3,(H,15,18)/t6-/m1/s1. The lowest BCUT2D eigenvalue weighted by atomic mass is 10.3. The smallest absolute Gasteiger partial charge is 0.237 e. The maximum Gasteiger partial charge on any atom is 0.237 e. The molecule has 0 saturated heterocycles. The molecule has 0 bridgehead atoms. The number of halogens is 2. The van der Waals surface area contributed by atoms with E-state index in [9.17, 15) is 13.6 Å². The number of nitrogens with one attached hydrogen (secondary N) is 1. The van der Waals surface area contributed by atoms with Crippen LogP contribution in [0.1, 0.15) is 11.9 Å². The molecule has 0 aliphatic rings. The van der Waals surface area contributed by atoms with E-state index in [-0.39, 0.29) is 11.6 Å². The highest BCUT2D eigenvalue weighted by Crippen LogP contribution is 2.27. The molecule has 2 aromatic rings. The largest absolute Gasteiger partial charge is 0.323 e. The minimum atomic E-state index is -0.803. The van der Waals surface area contributed by atoms with Crippen molar-refractivity contribution in [2.45, 2.75) is 23.4 Å². The van der Waals surface area contributed by atoms with Gasteiger partial charge in [0.15, 0.2) is 4.34 Å². The fraction of sp³-hybridized carbons (Fsp3) is 0.250. The monoisotopic (exact) mass is 315 g/mol. The molecule has 0 fully saturated rings. The highest BCUT2D eigenvalue weighted by Gasteiger charge is 2.18. The number of anilines is 1. The number of carbonyl (C=O) groups excluding carboxylic acids is 1. The van der Waals surface area contributed by atoms with Gasteiger partial charge in [-0.25, -0.2) is 8.78 Å². The van der Waals surface area contributed by atoms with Crippen LogP contribution in [0.25, 0.3) is 0 Å². The predicted molar refractivity (Wildman–Crippen MR) is 75.0 cm³/mol. The summed E-state index contributed by atoms with van der Waals surface area (Å²) in [6.07, 6.45) is 0. The number of aromatic nitrogens is 2. The first-order valence-corrected chi connectivity index (χ1v) is 7.38. The van der Waals surface area contributed by atoms with Crippen LogP contribution in [0.15, 0.2) is 22.5 Å². The average Bonchev–Trinajstić information content (AvgIpc) is 2.78. The molecule has 1 amide bonds. The van der Waals surface area contributed by atoms with Crippen molar-refractivity contribution in [2.24, 2.45) is 0 Å². The van der Waals surface area contributed by atoms with Crippen molar-refractivity contribution in [1.82, 2.24) is 10.2 Å². The highest BCUT2D eigenvalue weighted by molar-refractivity contribution is 8.02. The van der Waals surface area contributed by atoms with Gasteiger partial charge in [-0.2, -0.15) is 0 Å². The summed E-state index contributed by atoms with van der Waals surface area (Å²) < 4.78 is 26.9. The number of carbonyl (C=O) groups is 1. The zero-order valence-corrected chi connectivity index (χ0v) is 12.3. The third-order valence-corrected chi connectivity index (χ3v) is 4.37. The van der Waals surface area contributed by atoms with E-state index in [4.69, 9.17) is 0 Å². The van der Waals surface area contributed by atoms with Crippen LogP contribution in [0.2, 0.25) is 0 Å². The zero-order valence-electron chi connectivity index (χ0n) is 10.7. The van der Waals surface area contributed by atoms with Crippen LogP contribution in [0.4, 0.5) is 14.5 Å². The fourth-order valence-corrected chi connectivity index (χ4v) is 3.32. The van der Waals surface area contributed by atoms with E-state index in [1.165, 1.54) is 29.2 Å². The van der Waals surface area contributed by atoms with Crippen molar-refractivity contribution in [3.05, 3.63) is 34.8 Å². The van der Waals surface area contributed by atoms with Gasteiger partial charge >= 0.3 is 0 Å². The quantitative estimate of drug-likeness (QED) is 0.880. The molecule has 2 rings (SSSR count). The molecule has 1 atom stereocenters. The minimum absolute atomic E-state index is 0.0442. The van der Waals surface area contributed by atoms with Crippen molar-refractivity contribution in [3.63, 3.8) is 0 Å². The molecule has 0 aliphatic carbocycles. The Kier molecular flexibility index (Phi) is 4.66. The van der Waals surface area contributed by atoms with Crippen molar-refractivity contribution in [3.8, 4) is 0 Å². The number of aryl methyl sites for hydroxylation is 1. The van der Waals surface area contributed by atoms with Gasteiger partial charge in [0.2, 0.25) is 5.91 Å². The summed E-state index contributed by atoms with van der Waals surface area (Å²) in [6, 6.07) is 3.00. The van der Waals surface area contributed by atoms with E-state index in [0.717, 1.165) is 17.1 Å². The summed E-state index contributed by atoms with van der Waals surface area (Å²) in [5.41, 5.74) is -0.0442. The van der Waals surface area contributed by atoms with Crippen LogP contribution in [-0.4, -0.2) is 21.4 Å². The van der Waals surface area contributed by atoms with Gasteiger partial charge in [-0.05, 0) is 26.0 Å². The van der Waals surface area contributed by atoms with Gasteiger partial charge in [-0.15, -0.1) is 10.2 Å². The number of hydrogen-bond donors (Lipinski definition) is 1. The Morgan fingerprint density at radius 2 is 2.15 bits per heavy atom. The summed E-state index contributed by atoms with van der Waals surface area (Å²) >= 11 is 2.62. The average molecular weight is 315 g/mol. The minimum Gasteiger partial charge on any atom is -0.323 e. The van der Waals surface area contributed by atoms with Gasteiger partial charge in [0.25, 0.3) is 0 Å². The zero-order chi connectivity index (χ0) is 14.7. The van der Waals surface area contributed by atoms with Crippen LogP contribution in [0.3, 0.4) is 0 Å². The van der Waals surface area contributed by atoms with Crippen molar-refractivity contribution in [2.75, 3.05) is 5.32 Å². The molecule has 106 valence electrons. The Labute approximate surface area is 122 Å². The number of benzene rings is 1. The van der Waals surface area contributed by atoms with E-state index in [1.54, 1.807) is 6.92 Å². The molecule has 1 aromatic carbocycles. The SMILES string of the molecule is Cc1nnc(S[C@H](C)C(=O)Nc2ccc(F)cc2F)s1. The lowest BCUT2D eigenvalue weighted by Crippen LogP contribution is -2.22. The third kappa shape index (κ3) is 3.73. The fourth-order valence-electron chi connectivity index (χ4n) is 1.36. The molecule has 0 radical (unpaired) electrons. The lowest BCUT2D eigenvalue weighted by molar-refractivity contribution is -0.115. The van der Waals surface area contributed by atoms with Crippen LogP contribution in [-0.2, 0) is 4.79 Å². The summed E-state index contributed by atoms with van der Waals surface area (Å²) in [7, 11) is 0. The third-order valence-electron chi connectivity index (χ3n) is 2.34. The second kappa shape index (κ2) is 6.27. The number of rotatable bonds is 4. The topological polar surface area (TPSA) is 54.9 Å². The van der Waals surface area contributed by atoms with Gasteiger partial charge in [-0.1, -0.05) is 23.1 Å². The molecular formula is C12H11F2N3OS2. The van der Waals surface area contributed by atoms with E-state index in [0.29, 0.717) is 4.34 Å². The Bertz CT molecular complexity index is 633. The molecule has 20 heavy (non-hydrogen) atoms. The first-order chi connectivity index (χ1) is 9.45. The van der Waals surface area contributed by atoms with Crippen LogP contribution >= 0.6 is 23.1 Å². The number of hydrogen-bond acceptors (Lipinski definition) is 5. The number of nitrogens with zero attached hydrogens (tertiary/aromatic N) is 2. The molecule has 1 N–H and O–H groups in total. The molecule has 0 spiro atoms. The Hall–Kier alpha value is -1.54. The van der Waals surface area contributed by atoms with Crippen LogP contribution in [0, 0.1) is 18.6 Å². The summed E-state index contributed by atoms with van der Waals surface area (Å²) in [5.74, 6) is -1.87. The first-order valence-electron chi connectivity index (χ1n) is 5.68. The highest BCUT2D eigenvalue weighted by atomic mass is 32.2. The van der Waals surface area contributed by atoms with E-state index < -0.39 is 16.9 Å².